The Labute approximate surface area is 114 Å². The van der Waals surface area contributed by atoms with Crippen LogP contribution in [0.2, 0.25) is 0 Å². The topological polar surface area (TPSA) is 122 Å². The number of aromatic amines is 1. The van der Waals surface area contributed by atoms with E-state index >= 15 is 0 Å². The van der Waals surface area contributed by atoms with Crippen molar-refractivity contribution in [2.24, 2.45) is 10.8 Å². The quantitative estimate of drug-likeness (QED) is 0.315. The van der Waals surface area contributed by atoms with E-state index in [0.717, 1.165) is 11.0 Å². The Balaban J connectivity index is 2.19. The number of hydrogen-bond donors (Lipinski definition) is 3. The lowest BCUT2D eigenvalue weighted by Gasteiger charge is -2.04. The Kier molecular flexibility index (Phi) is 3.94. The molecule has 20 heavy (non-hydrogen) atoms. The van der Waals surface area contributed by atoms with Crippen LogP contribution >= 0.6 is 0 Å². The molecular weight excluding hydrogens is 262 g/mol. The van der Waals surface area contributed by atoms with Gasteiger partial charge in [-0.05, 0) is 25.1 Å². The van der Waals surface area contributed by atoms with E-state index in [2.05, 4.69) is 25.2 Å². The first kappa shape index (κ1) is 13.5. The highest BCUT2D eigenvalue weighted by Crippen LogP contribution is 2.15. The number of nitrogens with one attached hydrogen (secondary N) is 2. The first-order valence-electron chi connectivity index (χ1n) is 5.85. The number of nitrogens with zero attached hydrogens (tertiary/aromatic N) is 2. The number of carbonyl (C=O) groups is 2. The van der Waals surface area contributed by atoms with Crippen LogP contribution in [-0.2, 0) is 14.3 Å². The highest BCUT2D eigenvalue weighted by Gasteiger charge is 2.19. The van der Waals surface area contributed by atoms with Crippen molar-refractivity contribution in [1.29, 1.82) is 0 Å². The monoisotopic (exact) mass is 275 g/mol. The first-order valence-corrected chi connectivity index (χ1v) is 5.85. The number of hydrazone groups is 1. The molecule has 1 heterocycles. The van der Waals surface area contributed by atoms with Crippen LogP contribution in [0.25, 0.3) is 11.0 Å². The second-order valence-electron chi connectivity index (χ2n) is 3.79. The zero-order valence-corrected chi connectivity index (χ0v) is 10.7. The molecule has 0 radical (unpaired) electrons. The number of esters is 1. The van der Waals surface area contributed by atoms with Gasteiger partial charge in [-0.25, -0.2) is 9.78 Å². The number of anilines is 1. The molecule has 1 aromatic carbocycles. The summed E-state index contributed by atoms with van der Waals surface area (Å²) in [5.41, 5.74) is 9.33. The predicted octanol–water partition coefficient (Wildman–Crippen LogP) is 0.379. The highest BCUT2D eigenvalue weighted by molar-refractivity contribution is 6.63. The van der Waals surface area contributed by atoms with Crippen molar-refractivity contribution >= 4 is 34.3 Å². The molecule has 0 aliphatic rings. The summed E-state index contributed by atoms with van der Waals surface area (Å²) in [7, 11) is 0. The van der Waals surface area contributed by atoms with Crippen molar-refractivity contribution in [3.8, 4) is 0 Å². The number of H-pyrrole nitrogens is 1. The molecule has 2 rings (SSSR count). The molecule has 8 nitrogen and oxygen atoms in total. The third kappa shape index (κ3) is 2.91. The molecule has 0 unspecified atom stereocenters. The fourth-order valence-electron chi connectivity index (χ4n) is 1.53. The average Bonchev–Trinajstić information content (AvgIpc) is 2.86. The van der Waals surface area contributed by atoms with Gasteiger partial charge in [0, 0.05) is 0 Å². The van der Waals surface area contributed by atoms with E-state index in [9.17, 15) is 9.59 Å². The second-order valence-corrected chi connectivity index (χ2v) is 3.79. The van der Waals surface area contributed by atoms with Gasteiger partial charge in [-0.2, -0.15) is 5.10 Å². The van der Waals surface area contributed by atoms with E-state index in [4.69, 9.17) is 5.73 Å². The van der Waals surface area contributed by atoms with Crippen molar-refractivity contribution in [2.75, 3.05) is 12.0 Å². The molecule has 0 aliphatic heterocycles. The number of fused-ring (bicyclic) bond motifs is 1. The number of nitrogens with two attached hydrogens (primary N) is 1. The van der Waals surface area contributed by atoms with Crippen LogP contribution in [0.1, 0.15) is 6.92 Å². The van der Waals surface area contributed by atoms with Gasteiger partial charge in [-0.3, -0.25) is 10.2 Å². The zero-order chi connectivity index (χ0) is 14.5. The maximum atomic E-state index is 11.5. The minimum Gasteiger partial charge on any atom is -0.461 e. The lowest BCUT2D eigenvalue weighted by molar-refractivity contribution is -0.135. The summed E-state index contributed by atoms with van der Waals surface area (Å²) in [6.45, 7) is 1.75. The maximum absolute atomic E-state index is 11.5. The summed E-state index contributed by atoms with van der Waals surface area (Å²) < 4.78 is 4.68. The molecular formula is C12H13N5O3. The van der Waals surface area contributed by atoms with Gasteiger partial charge < -0.3 is 15.5 Å². The van der Waals surface area contributed by atoms with Crippen LogP contribution in [-0.4, -0.2) is 34.2 Å². The van der Waals surface area contributed by atoms with E-state index in [1.807, 2.05) is 0 Å². The SMILES string of the molecule is CCOC(=O)/C(=N/Nc1ccc2nc[nH]c2c1)C(N)=O. The molecule has 0 fully saturated rings. The van der Waals surface area contributed by atoms with Gasteiger partial charge >= 0.3 is 5.97 Å². The van der Waals surface area contributed by atoms with E-state index in [1.165, 1.54) is 0 Å². The molecule has 0 saturated heterocycles. The minimum atomic E-state index is -0.960. The summed E-state index contributed by atoms with van der Waals surface area (Å²) in [5.74, 6) is -1.83. The van der Waals surface area contributed by atoms with Crippen molar-refractivity contribution in [3.63, 3.8) is 0 Å². The van der Waals surface area contributed by atoms with Crippen molar-refractivity contribution in [1.82, 2.24) is 9.97 Å². The molecule has 2 aromatic rings. The number of primary amides is 1. The summed E-state index contributed by atoms with van der Waals surface area (Å²) in [6.07, 6.45) is 1.56. The van der Waals surface area contributed by atoms with E-state index in [1.54, 1.807) is 31.5 Å². The van der Waals surface area contributed by atoms with Crippen molar-refractivity contribution < 1.29 is 14.3 Å². The van der Waals surface area contributed by atoms with Gasteiger partial charge in [-0.1, -0.05) is 0 Å². The van der Waals surface area contributed by atoms with Crippen LogP contribution in [0.5, 0.6) is 0 Å². The van der Waals surface area contributed by atoms with Gasteiger partial charge in [0.2, 0.25) is 5.71 Å². The van der Waals surface area contributed by atoms with Crippen LogP contribution in [0, 0.1) is 0 Å². The number of aromatic nitrogens is 2. The largest absolute Gasteiger partial charge is 0.461 e. The van der Waals surface area contributed by atoms with Gasteiger partial charge in [-0.15, -0.1) is 0 Å². The second kappa shape index (κ2) is 5.83. The zero-order valence-electron chi connectivity index (χ0n) is 10.7. The summed E-state index contributed by atoms with van der Waals surface area (Å²) in [6, 6.07) is 5.20. The van der Waals surface area contributed by atoms with Gasteiger partial charge in [0.05, 0.1) is 29.7 Å². The van der Waals surface area contributed by atoms with Crippen LogP contribution in [0.15, 0.2) is 29.6 Å². The number of amides is 1. The van der Waals surface area contributed by atoms with Gasteiger partial charge in [0.1, 0.15) is 0 Å². The van der Waals surface area contributed by atoms with Crippen molar-refractivity contribution in [2.45, 2.75) is 6.92 Å². The number of imidazole rings is 1. The third-order valence-electron chi connectivity index (χ3n) is 2.42. The van der Waals surface area contributed by atoms with E-state index < -0.39 is 17.6 Å². The number of carbonyl (C=O) groups excluding carboxylic acids is 2. The van der Waals surface area contributed by atoms with Gasteiger partial charge in [0.25, 0.3) is 5.91 Å². The summed E-state index contributed by atoms with van der Waals surface area (Å²) in [5, 5.41) is 3.69. The van der Waals surface area contributed by atoms with Crippen molar-refractivity contribution in [3.05, 3.63) is 24.5 Å². The maximum Gasteiger partial charge on any atom is 0.364 e. The molecule has 104 valence electrons. The molecule has 1 aromatic heterocycles. The molecule has 0 saturated carbocycles. The highest BCUT2D eigenvalue weighted by atomic mass is 16.5. The first-order chi connectivity index (χ1) is 9.61. The molecule has 1 amide bonds. The fourth-order valence-corrected chi connectivity index (χ4v) is 1.53. The Morgan fingerprint density at radius 2 is 2.30 bits per heavy atom. The normalized spacial score (nSPS) is 11.3. The van der Waals surface area contributed by atoms with E-state index in [0.29, 0.717) is 5.69 Å². The van der Waals surface area contributed by atoms with E-state index in [-0.39, 0.29) is 6.61 Å². The standard InChI is InChI=1S/C12H13N5O3/c1-2-20-12(19)10(11(13)18)17-16-7-3-4-8-9(5-7)15-6-14-8/h3-6,16H,2H2,1H3,(H2,13,18)(H,14,15)/b17-10+. The van der Waals surface area contributed by atoms with Gasteiger partial charge in [0.15, 0.2) is 0 Å². The molecule has 0 atom stereocenters. The van der Waals surface area contributed by atoms with Crippen LogP contribution < -0.4 is 11.2 Å². The smallest absolute Gasteiger partial charge is 0.364 e. The number of hydrogen-bond acceptors (Lipinski definition) is 6. The molecule has 0 spiro atoms. The van der Waals surface area contributed by atoms with Crippen LogP contribution in [0.3, 0.4) is 0 Å². The number of rotatable bonds is 5. The fraction of sp³-hybridized carbons (Fsp3) is 0.167. The molecule has 4 N–H and O–H groups in total. The Morgan fingerprint density at radius 3 is 3.00 bits per heavy atom. The minimum absolute atomic E-state index is 0.130. The lowest BCUT2D eigenvalue weighted by Crippen LogP contribution is -2.33. The predicted molar refractivity (Wildman–Crippen MR) is 73.0 cm³/mol. The van der Waals surface area contributed by atoms with Crippen LogP contribution in [0.4, 0.5) is 5.69 Å². The number of benzene rings is 1. The Hall–Kier alpha value is -2.90. The summed E-state index contributed by atoms with van der Waals surface area (Å²) in [4.78, 5) is 29.6. The Morgan fingerprint density at radius 1 is 1.50 bits per heavy atom. The molecule has 0 aliphatic carbocycles. The lowest BCUT2D eigenvalue weighted by atomic mass is 10.3. The molecule has 8 heteroatoms. The number of ether oxygens (including phenoxy) is 1. The third-order valence-corrected chi connectivity index (χ3v) is 2.42. The Bertz CT molecular complexity index is 677. The average molecular weight is 275 g/mol. The summed E-state index contributed by atoms with van der Waals surface area (Å²) >= 11 is 0. The molecule has 0 bridgehead atoms.